The molecular formula is C21H23BrN6OS. The summed E-state index contributed by atoms with van der Waals surface area (Å²) in [5.41, 5.74) is 0.962. The van der Waals surface area contributed by atoms with Gasteiger partial charge in [0.05, 0.1) is 18.0 Å². The largest absolute Gasteiger partial charge is 0.310 e. The molecule has 1 aromatic carbocycles. The van der Waals surface area contributed by atoms with Crippen molar-refractivity contribution in [2.24, 2.45) is 0 Å². The van der Waals surface area contributed by atoms with Crippen molar-refractivity contribution in [3.05, 3.63) is 53.7 Å². The summed E-state index contributed by atoms with van der Waals surface area (Å²) in [4.78, 5) is 12.6. The maximum atomic E-state index is 12.6. The Morgan fingerprint density at radius 3 is 2.73 bits per heavy atom. The molecule has 0 saturated heterocycles. The fourth-order valence-electron chi connectivity index (χ4n) is 3.66. The predicted molar refractivity (Wildman–Crippen MR) is 122 cm³/mol. The van der Waals surface area contributed by atoms with Crippen LogP contribution in [0.25, 0.3) is 11.4 Å². The molecule has 0 aliphatic heterocycles. The molecule has 2 heterocycles. The number of hydrogen-bond donors (Lipinski definition) is 1. The first-order valence-corrected chi connectivity index (χ1v) is 11.7. The molecule has 3 aromatic rings. The normalized spacial score (nSPS) is 14.2. The summed E-state index contributed by atoms with van der Waals surface area (Å²) in [6.07, 6.45) is 8.20. The first kappa shape index (κ1) is 20.9. The third kappa shape index (κ3) is 4.67. The molecule has 0 spiro atoms. The number of halogens is 1. The number of allylic oxidation sites excluding steroid dienone is 1. The molecule has 1 saturated carbocycles. The summed E-state index contributed by atoms with van der Waals surface area (Å²) < 4.78 is 4.92. The van der Waals surface area contributed by atoms with Gasteiger partial charge in [0.2, 0.25) is 5.91 Å². The fraction of sp³-hybridized carbons (Fsp3) is 0.333. The first-order chi connectivity index (χ1) is 14.7. The highest BCUT2D eigenvalue weighted by Crippen LogP contribution is 2.31. The lowest BCUT2D eigenvalue weighted by atomic mass is 10.2. The number of carbonyl (C=O) groups is 1. The van der Waals surface area contributed by atoms with E-state index in [9.17, 15) is 4.79 Å². The number of carbonyl (C=O) groups excluding carboxylic acids is 1. The standard InChI is InChI=1S/C21H23BrN6OS/c1-2-13-27-20(15-7-9-16(22)10-8-15)25-26-21(27)30-14-19(29)24-18-11-12-23-28(18)17-5-3-4-6-17/h2,7-12,17H,1,3-6,13-14H2,(H,24,29). The average Bonchev–Trinajstić information content (AvgIpc) is 3.48. The number of nitrogens with one attached hydrogen (secondary N) is 1. The molecule has 2 aromatic heterocycles. The summed E-state index contributed by atoms with van der Waals surface area (Å²) in [7, 11) is 0. The van der Waals surface area contributed by atoms with Crippen molar-refractivity contribution in [3.63, 3.8) is 0 Å². The maximum Gasteiger partial charge on any atom is 0.235 e. The number of nitrogens with zero attached hydrogens (tertiary/aromatic N) is 5. The second-order valence-electron chi connectivity index (χ2n) is 7.15. The number of anilines is 1. The van der Waals surface area contributed by atoms with E-state index < -0.39 is 0 Å². The van der Waals surface area contributed by atoms with Crippen LogP contribution in [-0.4, -0.2) is 36.2 Å². The molecule has 0 radical (unpaired) electrons. The van der Waals surface area contributed by atoms with Crippen molar-refractivity contribution in [2.45, 2.75) is 43.4 Å². The number of rotatable bonds is 8. The van der Waals surface area contributed by atoms with Crippen LogP contribution in [0.3, 0.4) is 0 Å². The van der Waals surface area contributed by atoms with Crippen LogP contribution >= 0.6 is 27.7 Å². The van der Waals surface area contributed by atoms with Crippen LogP contribution in [0.5, 0.6) is 0 Å². The molecule has 9 heteroatoms. The molecule has 1 amide bonds. The predicted octanol–water partition coefficient (Wildman–Crippen LogP) is 4.94. The number of aromatic nitrogens is 5. The topological polar surface area (TPSA) is 77.6 Å². The molecular weight excluding hydrogens is 464 g/mol. The van der Waals surface area contributed by atoms with Crippen LogP contribution in [0.15, 0.2) is 58.8 Å². The van der Waals surface area contributed by atoms with Gasteiger partial charge in [-0.25, -0.2) is 4.68 Å². The molecule has 4 rings (SSSR count). The maximum absolute atomic E-state index is 12.6. The fourth-order valence-corrected chi connectivity index (χ4v) is 4.68. The van der Waals surface area contributed by atoms with Crippen LogP contribution in [0.1, 0.15) is 31.7 Å². The van der Waals surface area contributed by atoms with Crippen molar-refractivity contribution >= 4 is 39.4 Å². The summed E-state index contributed by atoms with van der Waals surface area (Å²) in [5, 5.41) is 16.7. The van der Waals surface area contributed by atoms with Gasteiger partial charge in [0.25, 0.3) is 0 Å². The van der Waals surface area contributed by atoms with Gasteiger partial charge in [0, 0.05) is 22.6 Å². The zero-order chi connectivity index (χ0) is 20.9. The van der Waals surface area contributed by atoms with Gasteiger partial charge in [0.1, 0.15) is 5.82 Å². The number of benzene rings is 1. The number of amides is 1. The number of hydrogen-bond acceptors (Lipinski definition) is 5. The Morgan fingerprint density at radius 2 is 2.00 bits per heavy atom. The summed E-state index contributed by atoms with van der Waals surface area (Å²) in [6, 6.07) is 10.1. The lowest BCUT2D eigenvalue weighted by Gasteiger charge is -2.14. The third-order valence-corrected chi connectivity index (χ3v) is 6.57. The smallest absolute Gasteiger partial charge is 0.235 e. The van der Waals surface area contributed by atoms with Gasteiger partial charge in [-0.1, -0.05) is 58.7 Å². The Bertz CT molecular complexity index is 1020. The van der Waals surface area contributed by atoms with E-state index in [1.807, 2.05) is 39.6 Å². The van der Waals surface area contributed by atoms with Gasteiger partial charge < -0.3 is 5.32 Å². The average molecular weight is 487 g/mol. The van der Waals surface area contributed by atoms with Gasteiger partial charge in [-0.2, -0.15) is 5.10 Å². The van der Waals surface area contributed by atoms with Gasteiger partial charge in [-0.05, 0) is 25.0 Å². The molecule has 0 bridgehead atoms. The van der Waals surface area contributed by atoms with Gasteiger partial charge in [0.15, 0.2) is 11.0 Å². The Hall–Kier alpha value is -2.39. The van der Waals surface area contributed by atoms with E-state index in [0.29, 0.717) is 17.7 Å². The van der Waals surface area contributed by atoms with Crippen molar-refractivity contribution in [3.8, 4) is 11.4 Å². The highest BCUT2D eigenvalue weighted by atomic mass is 79.9. The summed E-state index contributed by atoms with van der Waals surface area (Å²) >= 11 is 4.81. The van der Waals surface area contributed by atoms with Crippen LogP contribution in [0.2, 0.25) is 0 Å². The minimum atomic E-state index is -0.0851. The molecule has 0 unspecified atom stereocenters. The Kier molecular flexibility index (Phi) is 6.69. The van der Waals surface area contributed by atoms with E-state index in [0.717, 1.165) is 34.5 Å². The monoisotopic (exact) mass is 486 g/mol. The van der Waals surface area contributed by atoms with E-state index in [2.05, 4.69) is 43.1 Å². The highest BCUT2D eigenvalue weighted by molar-refractivity contribution is 9.10. The summed E-state index contributed by atoms with van der Waals surface area (Å²) in [5.74, 6) is 1.67. The van der Waals surface area contributed by atoms with Crippen LogP contribution in [-0.2, 0) is 11.3 Å². The second-order valence-corrected chi connectivity index (χ2v) is 9.01. The van der Waals surface area contributed by atoms with Gasteiger partial charge in [-0.15, -0.1) is 16.8 Å². The quantitative estimate of drug-likeness (QED) is 0.360. The molecule has 1 N–H and O–H groups in total. The second kappa shape index (κ2) is 9.61. The molecule has 7 nitrogen and oxygen atoms in total. The van der Waals surface area contributed by atoms with E-state index in [1.54, 1.807) is 12.3 Å². The molecule has 0 atom stereocenters. The molecule has 1 aliphatic carbocycles. The minimum absolute atomic E-state index is 0.0851. The molecule has 1 aliphatic rings. The van der Waals surface area contributed by atoms with Crippen LogP contribution in [0.4, 0.5) is 5.82 Å². The lowest BCUT2D eigenvalue weighted by Crippen LogP contribution is -2.19. The van der Waals surface area contributed by atoms with E-state index in [-0.39, 0.29) is 11.7 Å². The molecule has 1 fully saturated rings. The van der Waals surface area contributed by atoms with Crippen molar-refractivity contribution in [1.82, 2.24) is 24.5 Å². The van der Waals surface area contributed by atoms with E-state index in [4.69, 9.17) is 0 Å². The first-order valence-electron chi connectivity index (χ1n) is 9.92. The summed E-state index contributed by atoms with van der Waals surface area (Å²) in [6.45, 7) is 4.40. The molecule has 30 heavy (non-hydrogen) atoms. The third-order valence-electron chi connectivity index (χ3n) is 5.07. The van der Waals surface area contributed by atoms with Gasteiger partial charge in [-0.3, -0.25) is 9.36 Å². The Labute approximate surface area is 188 Å². The Morgan fingerprint density at radius 1 is 1.23 bits per heavy atom. The van der Waals surface area contributed by atoms with Gasteiger partial charge >= 0.3 is 0 Å². The molecule has 156 valence electrons. The highest BCUT2D eigenvalue weighted by Gasteiger charge is 2.21. The number of thioether (sulfide) groups is 1. The van der Waals surface area contributed by atoms with Crippen LogP contribution < -0.4 is 5.32 Å². The lowest BCUT2D eigenvalue weighted by molar-refractivity contribution is -0.113. The van der Waals surface area contributed by atoms with Crippen molar-refractivity contribution in [1.29, 1.82) is 0 Å². The zero-order valence-corrected chi connectivity index (χ0v) is 18.9. The minimum Gasteiger partial charge on any atom is -0.310 e. The Balaban J connectivity index is 1.43. The van der Waals surface area contributed by atoms with E-state index >= 15 is 0 Å². The van der Waals surface area contributed by atoms with Crippen molar-refractivity contribution in [2.75, 3.05) is 11.1 Å². The zero-order valence-electron chi connectivity index (χ0n) is 16.5. The van der Waals surface area contributed by atoms with Crippen molar-refractivity contribution < 1.29 is 4.79 Å². The SMILES string of the molecule is C=CCn1c(SCC(=O)Nc2ccnn2C2CCCC2)nnc1-c1ccc(Br)cc1. The van der Waals surface area contributed by atoms with E-state index in [1.165, 1.54) is 24.6 Å². The van der Waals surface area contributed by atoms with Crippen LogP contribution in [0, 0.1) is 0 Å².